The van der Waals surface area contributed by atoms with E-state index in [-0.39, 0.29) is 16.2 Å². The summed E-state index contributed by atoms with van der Waals surface area (Å²) >= 11 is 0. The zero-order chi connectivity index (χ0) is 21.5. The van der Waals surface area contributed by atoms with Crippen molar-refractivity contribution >= 4 is 43.5 Å². The molecule has 0 aliphatic carbocycles. The fourth-order valence-electron chi connectivity index (χ4n) is 3.15. The van der Waals surface area contributed by atoms with Crippen molar-refractivity contribution < 1.29 is 17.3 Å². The molecule has 0 unspecified atom stereocenters. The summed E-state index contributed by atoms with van der Waals surface area (Å²) in [6.07, 6.45) is 0.768. The summed E-state index contributed by atoms with van der Waals surface area (Å²) < 4.78 is 40.0. The van der Waals surface area contributed by atoms with E-state index in [1.54, 1.807) is 24.3 Å². The number of nitrogens with zero attached hydrogens (tertiary/aromatic N) is 1. The second-order valence-electron chi connectivity index (χ2n) is 6.72. The predicted molar refractivity (Wildman–Crippen MR) is 114 cm³/mol. The lowest BCUT2D eigenvalue weighted by Crippen LogP contribution is -2.21. The number of para-hydroxylation sites is 1. The first-order chi connectivity index (χ1) is 14.3. The van der Waals surface area contributed by atoms with Crippen LogP contribution in [0.5, 0.6) is 0 Å². The SMILES string of the molecule is CCCNc1c(NS(=O)(=O)c2ccc3c(c2)oc(=O)n3C)c(=O)oc2ccccc12. The monoisotopic (exact) mass is 429 g/mol. The van der Waals surface area contributed by atoms with Gasteiger partial charge in [0.05, 0.1) is 16.1 Å². The predicted octanol–water partition coefficient (Wildman–Crippen LogP) is 2.86. The molecule has 0 aliphatic rings. The van der Waals surface area contributed by atoms with Gasteiger partial charge >= 0.3 is 11.4 Å². The molecule has 2 N–H and O–H groups in total. The molecular weight excluding hydrogens is 410 g/mol. The highest BCUT2D eigenvalue weighted by atomic mass is 32.2. The van der Waals surface area contributed by atoms with E-state index < -0.39 is 21.4 Å². The smallest absolute Gasteiger partial charge is 0.419 e. The third-order valence-corrected chi connectivity index (χ3v) is 6.02. The van der Waals surface area contributed by atoms with Crippen LogP contribution in [-0.4, -0.2) is 19.5 Å². The molecule has 156 valence electrons. The fourth-order valence-corrected chi connectivity index (χ4v) is 4.23. The van der Waals surface area contributed by atoms with Crippen LogP contribution in [-0.2, 0) is 17.1 Å². The molecule has 0 spiro atoms. The van der Waals surface area contributed by atoms with E-state index in [0.717, 1.165) is 6.42 Å². The van der Waals surface area contributed by atoms with Crippen LogP contribution >= 0.6 is 0 Å². The number of aromatic nitrogens is 1. The van der Waals surface area contributed by atoms with Gasteiger partial charge in [-0.25, -0.2) is 18.0 Å². The van der Waals surface area contributed by atoms with Crippen molar-refractivity contribution in [1.82, 2.24) is 4.57 Å². The minimum atomic E-state index is -4.17. The van der Waals surface area contributed by atoms with Gasteiger partial charge in [-0.2, -0.15) is 0 Å². The van der Waals surface area contributed by atoms with Crippen LogP contribution in [0.25, 0.3) is 22.1 Å². The molecule has 0 aliphatic heterocycles. The molecule has 0 saturated carbocycles. The van der Waals surface area contributed by atoms with Crippen LogP contribution in [0.4, 0.5) is 11.4 Å². The van der Waals surface area contributed by atoms with Crippen molar-refractivity contribution in [2.24, 2.45) is 7.05 Å². The summed E-state index contributed by atoms with van der Waals surface area (Å²) in [4.78, 5) is 24.1. The van der Waals surface area contributed by atoms with Crippen LogP contribution < -0.4 is 21.4 Å². The summed E-state index contributed by atoms with van der Waals surface area (Å²) in [6.45, 7) is 2.48. The van der Waals surface area contributed by atoms with Gasteiger partial charge in [-0.1, -0.05) is 19.1 Å². The lowest BCUT2D eigenvalue weighted by molar-refractivity contribution is 0.527. The van der Waals surface area contributed by atoms with Crippen molar-refractivity contribution in [3.8, 4) is 0 Å². The standard InChI is InChI=1S/C20H19N3O6S/c1-3-10-21-17-13-6-4-5-7-15(13)28-19(24)18(17)22-30(26,27)12-8-9-14-16(11-12)29-20(25)23(14)2/h4-9,11,21-22H,3,10H2,1-2H3. The molecule has 4 rings (SSSR count). The molecule has 10 heteroatoms. The molecular formula is C20H19N3O6S. The Kier molecular flexibility index (Phi) is 4.86. The number of hydrogen-bond donors (Lipinski definition) is 2. The molecule has 2 aromatic carbocycles. The molecule has 0 atom stereocenters. The van der Waals surface area contributed by atoms with Crippen LogP contribution in [0.1, 0.15) is 13.3 Å². The fraction of sp³-hybridized carbons (Fsp3) is 0.200. The lowest BCUT2D eigenvalue weighted by Gasteiger charge is -2.15. The number of aryl methyl sites for hydroxylation is 1. The average Bonchev–Trinajstić information content (AvgIpc) is 3.01. The number of fused-ring (bicyclic) bond motifs is 2. The third kappa shape index (κ3) is 3.35. The molecule has 30 heavy (non-hydrogen) atoms. The minimum absolute atomic E-state index is 0.125. The van der Waals surface area contributed by atoms with Crippen molar-refractivity contribution in [2.45, 2.75) is 18.2 Å². The highest BCUT2D eigenvalue weighted by Gasteiger charge is 2.23. The first-order valence-electron chi connectivity index (χ1n) is 9.24. The zero-order valence-electron chi connectivity index (χ0n) is 16.3. The van der Waals surface area contributed by atoms with Crippen LogP contribution in [0.15, 0.2) is 65.8 Å². The summed E-state index contributed by atoms with van der Waals surface area (Å²) in [5, 5.41) is 3.69. The van der Waals surface area contributed by atoms with E-state index in [2.05, 4.69) is 10.0 Å². The maximum absolute atomic E-state index is 13.0. The number of anilines is 2. The number of nitrogens with one attached hydrogen (secondary N) is 2. The topological polar surface area (TPSA) is 124 Å². The maximum Gasteiger partial charge on any atom is 0.419 e. The van der Waals surface area contributed by atoms with E-state index in [0.29, 0.717) is 28.7 Å². The van der Waals surface area contributed by atoms with Gasteiger partial charge in [-0.05, 0) is 30.7 Å². The Labute approximate surface area is 171 Å². The van der Waals surface area contributed by atoms with E-state index >= 15 is 0 Å². The first kappa shape index (κ1) is 19.8. The molecule has 2 aromatic heterocycles. The van der Waals surface area contributed by atoms with E-state index in [9.17, 15) is 18.0 Å². The Morgan fingerprint density at radius 2 is 1.77 bits per heavy atom. The molecule has 0 saturated heterocycles. The Bertz CT molecular complexity index is 1480. The van der Waals surface area contributed by atoms with Crippen LogP contribution in [0.3, 0.4) is 0 Å². The third-order valence-electron chi connectivity index (χ3n) is 4.68. The minimum Gasteiger partial charge on any atom is -0.421 e. The van der Waals surface area contributed by atoms with E-state index in [1.165, 1.54) is 29.8 Å². The highest BCUT2D eigenvalue weighted by Crippen LogP contribution is 2.30. The summed E-state index contributed by atoms with van der Waals surface area (Å²) in [5.74, 6) is -0.603. The molecule has 0 amide bonds. The Morgan fingerprint density at radius 1 is 1.00 bits per heavy atom. The Morgan fingerprint density at radius 3 is 2.53 bits per heavy atom. The Balaban J connectivity index is 1.84. The lowest BCUT2D eigenvalue weighted by atomic mass is 10.2. The number of hydrogen-bond acceptors (Lipinski definition) is 7. The van der Waals surface area contributed by atoms with Gasteiger partial charge in [-0.15, -0.1) is 0 Å². The Hall–Kier alpha value is -3.53. The second-order valence-corrected chi connectivity index (χ2v) is 8.41. The normalized spacial score (nSPS) is 11.8. The van der Waals surface area contributed by atoms with Crippen molar-refractivity contribution in [3.05, 3.63) is 63.4 Å². The average molecular weight is 429 g/mol. The molecule has 0 radical (unpaired) electrons. The molecule has 0 fully saturated rings. The summed E-state index contributed by atoms with van der Waals surface area (Å²) in [6, 6.07) is 10.9. The molecule has 9 nitrogen and oxygen atoms in total. The maximum atomic E-state index is 13.0. The second kappa shape index (κ2) is 7.38. The quantitative estimate of drug-likeness (QED) is 0.452. The van der Waals surface area contributed by atoms with Crippen molar-refractivity contribution in [3.63, 3.8) is 0 Å². The van der Waals surface area contributed by atoms with Crippen molar-refractivity contribution in [2.75, 3.05) is 16.6 Å². The van der Waals surface area contributed by atoms with Crippen molar-refractivity contribution in [1.29, 1.82) is 0 Å². The van der Waals surface area contributed by atoms with Crippen LogP contribution in [0, 0.1) is 0 Å². The number of benzene rings is 2. The largest absolute Gasteiger partial charge is 0.421 e. The van der Waals surface area contributed by atoms with Gasteiger partial charge in [0, 0.05) is 25.0 Å². The number of oxazole rings is 1. The summed E-state index contributed by atoms with van der Waals surface area (Å²) in [7, 11) is -2.65. The van der Waals surface area contributed by atoms with Gasteiger partial charge in [0.15, 0.2) is 11.3 Å². The van der Waals surface area contributed by atoms with Gasteiger partial charge in [0.1, 0.15) is 5.58 Å². The highest BCUT2D eigenvalue weighted by molar-refractivity contribution is 7.92. The van der Waals surface area contributed by atoms with Gasteiger partial charge in [-0.3, -0.25) is 9.29 Å². The van der Waals surface area contributed by atoms with Gasteiger partial charge in [0.2, 0.25) is 0 Å². The zero-order valence-corrected chi connectivity index (χ0v) is 17.1. The number of sulfonamides is 1. The van der Waals surface area contributed by atoms with E-state index in [1.807, 2.05) is 6.92 Å². The number of rotatable bonds is 6. The summed E-state index contributed by atoms with van der Waals surface area (Å²) in [5.41, 5.74) is 0.241. The first-order valence-corrected chi connectivity index (χ1v) is 10.7. The molecule has 2 heterocycles. The molecule has 4 aromatic rings. The molecule has 0 bridgehead atoms. The van der Waals surface area contributed by atoms with Gasteiger partial charge < -0.3 is 14.2 Å². The van der Waals surface area contributed by atoms with Crippen LogP contribution in [0.2, 0.25) is 0 Å². The van der Waals surface area contributed by atoms with Gasteiger partial charge in [0.25, 0.3) is 10.0 Å². The van der Waals surface area contributed by atoms with E-state index in [4.69, 9.17) is 8.83 Å².